The summed E-state index contributed by atoms with van der Waals surface area (Å²) in [5.74, 6) is 0.590. The zero-order chi connectivity index (χ0) is 19.8. The Morgan fingerprint density at radius 3 is 2.83 bits per heavy atom. The van der Waals surface area contributed by atoms with Crippen molar-refractivity contribution in [1.82, 2.24) is 14.9 Å². The molecule has 0 atom stereocenters. The van der Waals surface area contributed by atoms with Crippen LogP contribution in [0.4, 0.5) is 0 Å². The highest BCUT2D eigenvalue weighted by atomic mass is 35.5. The lowest BCUT2D eigenvalue weighted by molar-refractivity contribution is -0.131. The fourth-order valence-corrected chi connectivity index (χ4v) is 5.34. The van der Waals surface area contributed by atoms with Crippen LogP contribution in [0.3, 0.4) is 0 Å². The molecule has 2 aromatic carbocycles. The number of benzene rings is 2. The molecule has 1 saturated heterocycles. The van der Waals surface area contributed by atoms with Gasteiger partial charge < -0.3 is 4.90 Å². The van der Waals surface area contributed by atoms with Crippen molar-refractivity contribution in [2.24, 2.45) is 0 Å². The first-order valence-corrected chi connectivity index (χ1v) is 11.0. The Morgan fingerprint density at radius 2 is 1.97 bits per heavy atom. The molecule has 1 amide bonds. The molecule has 0 bridgehead atoms. The quantitative estimate of drug-likeness (QED) is 0.442. The molecule has 2 aromatic heterocycles. The number of likely N-dealkylation sites (tertiary alicyclic amines) is 1. The Labute approximate surface area is 178 Å². The van der Waals surface area contributed by atoms with Crippen molar-refractivity contribution >= 4 is 50.0 Å². The van der Waals surface area contributed by atoms with Crippen LogP contribution in [-0.4, -0.2) is 33.9 Å². The molecular formula is C23H20ClN3OS. The molecule has 0 saturated carbocycles. The van der Waals surface area contributed by atoms with Crippen LogP contribution < -0.4 is 0 Å². The number of pyridine rings is 1. The number of hydrogen-bond donors (Lipinski definition) is 0. The zero-order valence-corrected chi connectivity index (χ0v) is 17.4. The normalized spacial score (nSPS) is 15.3. The van der Waals surface area contributed by atoms with Gasteiger partial charge in [0.05, 0.1) is 27.2 Å². The van der Waals surface area contributed by atoms with E-state index in [1.54, 1.807) is 17.5 Å². The fourth-order valence-electron chi connectivity index (χ4n) is 4.05. The van der Waals surface area contributed by atoms with Crippen molar-refractivity contribution < 1.29 is 4.79 Å². The van der Waals surface area contributed by atoms with Gasteiger partial charge in [0.2, 0.25) is 5.91 Å². The lowest BCUT2D eigenvalue weighted by Crippen LogP contribution is -2.38. The molecular weight excluding hydrogens is 402 g/mol. The van der Waals surface area contributed by atoms with Gasteiger partial charge in [0.15, 0.2) is 0 Å². The number of carbonyl (C=O) groups is 1. The van der Waals surface area contributed by atoms with Gasteiger partial charge in [-0.2, -0.15) is 0 Å². The van der Waals surface area contributed by atoms with Crippen LogP contribution >= 0.6 is 22.9 Å². The van der Waals surface area contributed by atoms with Crippen LogP contribution in [0.2, 0.25) is 5.02 Å². The second-order valence-corrected chi connectivity index (χ2v) is 8.99. The van der Waals surface area contributed by atoms with E-state index in [1.165, 1.54) is 4.70 Å². The maximum absolute atomic E-state index is 12.9. The molecule has 5 rings (SSSR count). The Hall–Kier alpha value is -2.50. The Balaban J connectivity index is 1.26. The maximum atomic E-state index is 12.9. The molecule has 0 unspecified atom stereocenters. The minimum absolute atomic E-state index is 0.178. The zero-order valence-electron chi connectivity index (χ0n) is 15.8. The van der Waals surface area contributed by atoms with Crippen LogP contribution in [0.5, 0.6) is 0 Å². The number of rotatable bonds is 3. The van der Waals surface area contributed by atoms with Gasteiger partial charge >= 0.3 is 0 Å². The number of nitrogens with zero attached hydrogens (tertiary/aromatic N) is 3. The highest BCUT2D eigenvalue weighted by Crippen LogP contribution is 2.34. The summed E-state index contributed by atoms with van der Waals surface area (Å²) in [4.78, 5) is 24.2. The van der Waals surface area contributed by atoms with E-state index in [-0.39, 0.29) is 5.91 Å². The van der Waals surface area contributed by atoms with Crippen molar-refractivity contribution in [3.05, 3.63) is 70.3 Å². The van der Waals surface area contributed by atoms with Crippen molar-refractivity contribution in [2.75, 3.05) is 13.1 Å². The lowest BCUT2D eigenvalue weighted by atomic mass is 9.97. The van der Waals surface area contributed by atoms with E-state index in [1.807, 2.05) is 53.4 Å². The number of para-hydroxylation sites is 1. The first-order valence-electron chi connectivity index (χ1n) is 9.84. The second-order valence-electron chi connectivity index (χ2n) is 7.49. The van der Waals surface area contributed by atoms with Crippen molar-refractivity contribution in [2.45, 2.75) is 25.2 Å². The first-order chi connectivity index (χ1) is 14.2. The molecule has 0 radical (unpaired) electrons. The third-order valence-corrected chi connectivity index (χ3v) is 7.06. The van der Waals surface area contributed by atoms with Crippen LogP contribution in [0.25, 0.3) is 21.1 Å². The van der Waals surface area contributed by atoms with E-state index >= 15 is 0 Å². The summed E-state index contributed by atoms with van der Waals surface area (Å²) in [5.41, 5.74) is 2.89. The molecule has 4 nitrogen and oxygen atoms in total. The van der Waals surface area contributed by atoms with Gasteiger partial charge in [0, 0.05) is 35.6 Å². The summed E-state index contributed by atoms with van der Waals surface area (Å²) in [7, 11) is 0. The molecule has 4 aromatic rings. The minimum atomic E-state index is 0.178. The molecule has 6 heteroatoms. The number of piperidine rings is 1. The summed E-state index contributed by atoms with van der Waals surface area (Å²) < 4.78 is 1.17. The summed E-state index contributed by atoms with van der Waals surface area (Å²) in [6.07, 6.45) is 4.09. The predicted molar refractivity (Wildman–Crippen MR) is 119 cm³/mol. The number of thiazole rings is 1. The second kappa shape index (κ2) is 7.73. The van der Waals surface area contributed by atoms with Crippen molar-refractivity contribution in [3.8, 4) is 0 Å². The molecule has 0 spiro atoms. The van der Waals surface area contributed by atoms with Crippen LogP contribution in [0.15, 0.2) is 54.7 Å². The molecule has 0 aliphatic carbocycles. The molecule has 1 fully saturated rings. The lowest BCUT2D eigenvalue weighted by Gasteiger charge is -2.31. The summed E-state index contributed by atoms with van der Waals surface area (Å²) in [6.45, 7) is 1.55. The van der Waals surface area contributed by atoms with E-state index < -0.39 is 0 Å². The number of carbonyl (C=O) groups excluding carboxylic acids is 1. The van der Waals surface area contributed by atoms with Crippen LogP contribution in [0, 0.1) is 0 Å². The average Bonchev–Trinajstić information content (AvgIpc) is 3.17. The standard InChI is InChI=1S/C23H20ClN3OS/c24-18-6-7-20-19(14-18)26-23(29-20)16-8-11-27(12-9-16)21(28)13-17-4-1-3-15-5-2-10-25-22(15)17/h1-7,10,14,16H,8-9,11-13H2. The Bertz CT molecular complexity index is 1190. The highest BCUT2D eigenvalue weighted by Gasteiger charge is 2.26. The van der Waals surface area contributed by atoms with Gasteiger partial charge in [-0.05, 0) is 42.7 Å². The predicted octanol–water partition coefficient (Wildman–Crippen LogP) is 5.45. The fraction of sp³-hybridized carbons (Fsp3) is 0.261. The van der Waals surface area contributed by atoms with Gasteiger partial charge in [-0.1, -0.05) is 35.9 Å². The Kier molecular flexibility index (Phi) is 4.94. The van der Waals surface area contributed by atoms with E-state index in [0.717, 1.165) is 57.9 Å². The third kappa shape index (κ3) is 3.72. The first kappa shape index (κ1) is 18.5. The maximum Gasteiger partial charge on any atom is 0.227 e. The average molecular weight is 422 g/mol. The van der Waals surface area contributed by atoms with E-state index in [4.69, 9.17) is 16.6 Å². The SMILES string of the molecule is O=C(Cc1cccc2cccnc12)N1CCC(c2nc3cc(Cl)ccc3s2)CC1. The smallest absolute Gasteiger partial charge is 0.227 e. The van der Waals surface area contributed by atoms with Crippen LogP contribution in [0.1, 0.15) is 29.3 Å². The van der Waals surface area contributed by atoms with E-state index in [9.17, 15) is 4.79 Å². The topological polar surface area (TPSA) is 46.1 Å². The van der Waals surface area contributed by atoms with Gasteiger partial charge in [-0.3, -0.25) is 9.78 Å². The monoisotopic (exact) mass is 421 g/mol. The van der Waals surface area contributed by atoms with E-state index in [0.29, 0.717) is 12.3 Å². The van der Waals surface area contributed by atoms with Gasteiger partial charge in [-0.25, -0.2) is 4.98 Å². The number of amides is 1. The summed E-state index contributed by atoms with van der Waals surface area (Å²) >= 11 is 7.83. The van der Waals surface area contributed by atoms with Crippen LogP contribution in [-0.2, 0) is 11.2 Å². The van der Waals surface area contributed by atoms with Crippen molar-refractivity contribution in [1.29, 1.82) is 0 Å². The molecule has 146 valence electrons. The molecule has 29 heavy (non-hydrogen) atoms. The minimum Gasteiger partial charge on any atom is -0.342 e. The third-order valence-electron chi connectivity index (χ3n) is 5.62. The summed E-state index contributed by atoms with van der Waals surface area (Å²) in [6, 6.07) is 15.9. The van der Waals surface area contributed by atoms with Crippen molar-refractivity contribution in [3.63, 3.8) is 0 Å². The molecule has 1 aliphatic rings. The Morgan fingerprint density at radius 1 is 1.14 bits per heavy atom. The number of halogens is 1. The highest BCUT2D eigenvalue weighted by molar-refractivity contribution is 7.18. The number of aromatic nitrogens is 2. The van der Waals surface area contributed by atoms with Gasteiger partial charge in [-0.15, -0.1) is 11.3 Å². The molecule has 3 heterocycles. The molecule has 1 aliphatic heterocycles. The largest absolute Gasteiger partial charge is 0.342 e. The van der Waals surface area contributed by atoms with Gasteiger partial charge in [0.1, 0.15) is 0 Å². The summed E-state index contributed by atoms with van der Waals surface area (Å²) in [5, 5.41) is 2.96. The number of fused-ring (bicyclic) bond motifs is 2. The number of hydrogen-bond acceptors (Lipinski definition) is 4. The van der Waals surface area contributed by atoms with E-state index in [2.05, 4.69) is 4.98 Å². The molecule has 0 N–H and O–H groups in total. The van der Waals surface area contributed by atoms with Gasteiger partial charge in [0.25, 0.3) is 0 Å².